The van der Waals surface area contributed by atoms with Crippen LogP contribution in [0.3, 0.4) is 0 Å². The average molecular weight is 665 g/mol. The molecule has 1 aromatic rings. The van der Waals surface area contributed by atoms with Crippen LogP contribution in [0, 0.1) is 0 Å². The van der Waals surface area contributed by atoms with E-state index in [0.29, 0.717) is 12.0 Å². The van der Waals surface area contributed by atoms with Gasteiger partial charge in [0.1, 0.15) is 17.8 Å². The van der Waals surface area contributed by atoms with Crippen LogP contribution < -0.4 is 21.7 Å². The Balaban J connectivity index is 2.80. The highest BCUT2D eigenvalue weighted by atomic mass is 16.4. The highest BCUT2D eigenvalue weighted by Gasteiger charge is 2.32. The zero-order valence-corrected chi connectivity index (χ0v) is 27.9. The maximum atomic E-state index is 13.4. The number of phenolic OH excluding ortho intramolecular Hbond substituents is 1. The molecule has 5 atom stereocenters. The Morgan fingerprint density at radius 1 is 0.702 bits per heavy atom. The van der Waals surface area contributed by atoms with Gasteiger partial charge in [-0.15, -0.1) is 0 Å². The highest BCUT2D eigenvalue weighted by molar-refractivity contribution is 5.94. The van der Waals surface area contributed by atoms with Crippen molar-refractivity contribution in [2.75, 3.05) is 0 Å². The molecule has 13 nitrogen and oxygen atoms in total. The van der Waals surface area contributed by atoms with Gasteiger partial charge in [0, 0.05) is 12.8 Å². The number of hydrogen-bond donors (Lipinski definition) is 8. The second kappa shape index (κ2) is 23.6. The third kappa shape index (κ3) is 18.3. The molecule has 0 spiro atoms. The van der Waals surface area contributed by atoms with Crippen LogP contribution in [0.1, 0.15) is 116 Å². The van der Waals surface area contributed by atoms with Gasteiger partial charge in [-0.1, -0.05) is 96.1 Å². The molecule has 9 N–H and O–H groups in total. The maximum absolute atomic E-state index is 13.4. The van der Waals surface area contributed by atoms with E-state index < -0.39 is 66.4 Å². The van der Waals surface area contributed by atoms with Crippen LogP contribution in [-0.2, 0) is 30.4 Å². The number of rotatable bonds is 26. The van der Waals surface area contributed by atoms with E-state index in [2.05, 4.69) is 22.9 Å². The van der Waals surface area contributed by atoms with Gasteiger partial charge in [-0.05, 0) is 37.5 Å². The third-order valence-corrected chi connectivity index (χ3v) is 8.04. The van der Waals surface area contributed by atoms with Crippen molar-refractivity contribution < 1.29 is 44.4 Å². The van der Waals surface area contributed by atoms with Gasteiger partial charge in [-0.2, -0.15) is 0 Å². The number of aromatic hydroxyl groups is 1. The van der Waals surface area contributed by atoms with E-state index in [0.717, 1.165) is 32.6 Å². The minimum atomic E-state index is -1.70. The van der Waals surface area contributed by atoms with Crippen molar-refractivity contribution in [1.29, 1.82) is 0 Å². The molecule has 0 aliphatic heterocycles. The number of aliphatic carboxylic acids is 2. The van der Waals surface area contributed by atoms with Crippen molar-refractivity contribution in [2.45, 2.75) is 147 Å². The Bertz CT molecular complexity index is 1100. The largest absolute Gasteiger partial charge is 0.508 e. The lowest BCUT2D eigenvalue weighted by Gasteiger charge is -2.25. The smallest absolute Gasteiger partial charge is 0.328 e. The van der Waals surface area contributed by atoms with Crippen molar-refractivity contribution in [3.63, 3.8) is 0 Å². The van der Waals surface area contributed by atoms with E-state index in [1.165, 1.54) is 63.5 Å². The standard InChI is InChI=1S/C34H56N4O9/c1-3-4-5-6-7-8-9-10-11-12-13-14-15-26(35)31(43)37-28(22-24-16-18-25(40)19-17-24)33(45)36-27(20-21-29(41)42)32(44)38-30(23(2)39)34(46)47/h16-19,23,26-28,30,39-40H,3-15,20-22,35H2,1-2H3,(H,36,45)(H,37,43)(H,38,44)(H,41,42)(H,46,47)/t23-,26?,27+,28+,30+/m1/s1. The molecule has 47 heavy (non-hydrogen) atoms. The summed E-state index contributed by atoms with van der Waals surface area (Å²) in [6.45, 7) is 3.37. The van der Waals surface area contributed by atoms with Crippen molar-refractivity contribution in [1.82, 2.24) is 16.0 Å². The molecular weight excluding hydrogens is 608 g/mol. The second-order valence-corrected chi connectivity index (χ2v) is 12.3. The van der Waals surface area contributed by atoms with Gasteiger partial charge in [0.2, 0.25) is 17.7 Å². The summed E-state index contributed by atoms with van der Waals surface area (Å²) in [6.07, 6.45) is 12.0. The first-order chi connectivity index (χ1) is 22.3. The molecule has 1 rings (SSSR count). The molecule has 0 aromatic heterocycles. The normalized spacial score (nSPS) is 14.3. The number of aliphatic hydroxyl groups excluding tert-OH is 1. The lowest BCUT2D eigenvalue weighted by atomic mass is 10.0. The summed E-state index contributed by atoms with van der Waals surface area (Å²) in [5.41, 5.74) is 6.74. The maximum Gasteiger partial charge on any atom is 0.328 e. The summed E-state index contributed by atoms with van der Waals surface area (Å²) in [7, 11) is 0. The van der Waals surface area contributed by atoms with E-state index in [1.807, 2.05) is 0 Å². The van der Waals surface area contributed by atoms with Gasteiger partial charge in [0.05, 0.1) is 12.1 Å². The van der Waals surface area contributed by atoms with Gasteiger partial charge in [-0.3, -0.25) is 19.2 Å². The topological polar surface area (TPSA) is 228 Å². The van der Waals surface area contributed by atoms with Crippen LogP contribution in [-0.4, -0.2) is 80.4 Å². The fourth-order valence-corrected chi connectivity index (χ4v) is 5.14. The highest BCUT2D eigenvalue weighted by Crippen LogP contribution is 2.14. The monoisotopic (exact) mass is 664 g/mol. The molecule has 0 heterocycles. The molecule has 0 saturated carbocycles. The number of carboxylic acids is 2. The zero-order valence-electron chi connectivity index (χ0n) is 27.9. The number of amides is 3. The summed E-state index contributed by atoms with van der Waals surface area (Å²) in [4.78, 5) is 62.1. The van der Waals surface area contributed by atoms with Gasteiger partial charge >= 0.3 is 11.9 Å². The number of aliphatic hydroxyl groups is 1. The van der Waals surface area contributed by atoms with Crippen LogP contribution in [0.2, 0.25) is 0 Å². The van der Waals surface area contributed by atoms with E-state index in [-0.39, 0.29) is 18.6 Å². The SMILES string of the molecule is CCCCCCCCCCCCCCC(N)C(=O)N[C@@H](Cc1ccc(O)cc1)C(=O)N[C@@H](CCC(=O)O)C(=O)N[C@H](C(=O)O)[C@@H](C)O. The molecule has 0 radical (unpaired) electrons. The Labute approximate surface area is 278 Å². The fraction of sp³-hybridized carbons (Fsp3) is 0.676. The number of carbonyl (C=O) groups excluding carboxylic acids is 3. The first kappa shape index (κ1) is 41.3. The number of carbonyl (C=O) groups is 5. The number of unbranched alkanes of at least 4 members (excludes halogenated alkanes) is 11. The molecule has 0 fully saturated rings. The molecule has 0 saturated heterocycles. The van der Waals surface area contributed by atoms with Crippen molar-refractivity contribution in [2.24, 2.45) is 5.73 Å². The summed E-state index contributed by atoms with van der Waals surface area (Å²) < 4.78 is 0. The van der Waals surface area contributed by atoms with Crippen molar-refractivity contribution in [3.8, 4) is 5.75 Å². The molecule has 13 heteroatoms. The summed E-state index contributed by atoms with van der Waals surface area (Å²) in [5.74, 6) is -5.17. The molecular formula is C34H56N4O9. The zero-order chi connectivity index (χ0) is 35.2. The van der Waals surface area contributed by atoms with Gasteiger partial charge in [0.15, 0.2) is 6.04 Å². The second-order valence-electron chi connectivity index (χ2n) is 12.3. The van der Waals surface area contributed by atoms with Gasteiger partial charge in [-0.25, -0.2) is 4.79 Å². The molecule has 3 amide bonds. The number of phenols is 1. The minimum absolute atomic E-state index is 0.000259. The Morgan fingerprint density at radius 2 is 1.19 bits per heavy atom. The van der Waals surface area contributed by atoms with Crippen LogP contribution in [0.25, 0.3) is 0 Å². The summed E-state index contributed by atoms with van der Waals surface area (Å²) >= 11 is 0. The van der Waals surface area contributed by atoms with E-state index in [4.69, 9.17) is 10.8 Å². The predicted octanol–water partition coefficient (Wildman–Crippen LogP) is 3.14. The quantitative estimate of drug-likeness (QED) is 0.0675. The number of benzene rings is 1. The van der Waals surface area contributed by atoms with Gasteiger partial charge in [0.25, 0.3) is 0 Å². The number of nitrogens with two attached hydrogens (primary N) is 1. The molecule has 1 aromatic carbocycles. The minimum Gasteiger partial charge on any atom is -0.508 e. The van der Waals surface area contributed by atoms with Crippen LogP contribution in [0.4, 0.5) is 0 Å². The first-order valence-corrected chi connectivity index (χ1v) is 16.9. The predicted molar refractivity (Wildman–Crippen MR) is 177 cm³/mol. The van der Waals surface area contributed by atoms with Crippen molar-refractivity contribution >= 4 is 29.7 Å². The summed E-state index contributed by atoms with van der Waals surface area (Å²) in [6, 6.07) is 0.652. The molecule has 0 bridgehead atoms. The first-order valence-electron chi connectivity index (χ1n) is 16.9. The van der Waals surface area contributed by atoms with E-state index >= 15 is 0 Å². The van der Waals surface area contributed by atoms with Crippen molar-refractivity contribution in [3.05, 3.63) is 29.8 Å². The molecule has 1 unspecified atom stereocenters. The molecule has 0 aliphatic rings. The van der Waals surface area contributed by atoms with Crippen LogP contribution in [0.5, 0.6) is 5.75 Å². The molecule has 0 aliphatic carbocycles. The van der Waals surface area contributed by atoms with Crippen LogP contribution >= 0.6 is 0 Å². The lowest BCUT2D eigenvalue weighted by Crippen LogP contribution is -2.58. The van der Waals surface area contributed by atoms with E-state index in [9.17, 15) is 39.3 Å². The molecule has 266 valence electrons. The number of nitrogens with one attached hydrogen (secondary N) is 3. The Morgan fingerprint density at radius 3 is 1.68 bits per heavy atom. The number of carboxylic acid groups (broad SMARTS) is 2. The Hall–Kier alpha value is -3.71. The lowest BCUT2D eigenvalue weighted by molar-refractivity contribution is -0.145. The summed E-state index contributed by atoms with van der Waals surface area (Å²) in [5, 5.41) is 45.1. The van der Waals surface area contributed by atoms with Gasteiger partial charge < -0.3 is 42.1 Å². The van der Waals surface area contributed by atoms with Crippen LogP contribution in [0.15, 0.2) is 24.3 Å². The number of hydrogen-bond acceptors (Lipinski definition) is 8. The average Bonchev–Trinajstić information content (AvgIpc) is 3.02. The van der Waals surface area contributed by atoms with E-state index in [1.54, 1.807) is 12.1 Å². The third-order valence-electron chi connectivity index (χ3n) is 8.04. The Kier molecular flexibility index (Phi) is 20.7. The fourth-order valence-electron chi connectivity index (χ4n) is 5.14.